The molecule has 4 N–H and O–H groups in total. The van der Waals surface area contributed by atoms with Gasteiger partial charge in [-0.25, -0.2) is 0 Å². The fourth-order valence-electron chi connectivity index (χ4n) is 4.42. The highest BCUT2D eigenvalue weighted by Gasteiger charge is 2.97. The largest absolute Gasteiger partial charge is 0.471 e. The van der Waals surface area contributed by atoms with E-state index in [9.17, 15) is 149 Å². The van der Waals surface area contributed by atoms with Crippen molar-refractivity contribution in [3.05, 3.63) is 36.4 Å². The minimum atomic E-state index is -9.01. The third-order valence-corrected chi connectivity index (χ3v) is 8.21. The van der Waals surface area contributed by atoms with Gasteiger partial charge >= 0.3 is 95.6 Å². The van der Waals surface area contributed by atoms with Gasteiger partial charge in [0.2, 0.25) is 0 Å². The summed E-state index contributed by atoms with van der Waals surface area (Å²) in [5.41, 5.74) is 5.70. The van der Waals surface area contributed by atoms with E-state index in [4.69, 9.17) is 11.5 Å². The molecule has 2 aromatic carbocycles. The number of nitrogen functional groups attached to an aromatic ring is 2. The third-order valence-electron chi connectivity index (χ3n) is 8.21. The molecule has 0 amide bonds. The molecule has 0 aliphatic heterocycles. The number of anilines is 2. The van der Waals surface area contributed by atoms with E-state index in [-0.39, 0.29) is 36.4 Å². The number of benzene rings is 2. The van der Waals surface area contributed by atoms with Crippen molar-refractivity contribution in [3.8, 4) is 22.6 Å². The lowest BCUT2D eigenvalue weighted by Gasteiger charge is -2.42. The van der Waals surface area contributed by atoms with Crippen molar-refractivity contribution in [1.82, 2.24) is 0 Å². The summed E-state index contributed by atoms with van der Waals surface area (Å²) >= 11 is 0. The molecule has 2 aromatic rings. The van der Waals surface area contributed by atoms with Gasteiger partial charge in [0.1, 0.15) is 11.5 Å². The molecular formula is C28H10F34N2O2. The number of hydrogen-bond donors (Lipinski definition) is 2. The third kappa shape index (κ3) is 7.73. The smallest absolute Gasteiger partial charge is 0.428 e. The fraction of sp³-hybridized carbons (Fsp3) is 0.571. The van der Waals surface area contributed by atoms with Crippen LogP contribution in [0.1, 0.15) is 0 Å². The van der Waals surface area contributed by atoms with Crippen LogP contribution in [0.4, 0.5) is 161 Å². The number of rotatable bonds is 17. The Morgan fingerprint density at radius 1 is 0.258 bits per heavy atom. The fourth-order valence-corrected chi connectivity index (χ4v) is 4.42. The molecule has 0 saturated carbocycles. The van der Waals surface area contributed by atoms with Gasteiger partial charge in [-0.3, -0.25) is 0 Å². The van der Waals surface area contributed by atoms with Gasteiger partial charge in [0.15, 0.2) is 0 Å². The predicted molar refractivity (Wildman–Crippen MR) is 143 cm³/mol. The molecule has 382 valence electrons. The standard InChI is InChI=1S/C28H10F34N2O2/c29-13(30,17(37,38)21(45,46)25(53,54)55)15(33,34)19(41,42)23(49,50)27(59,60)65-7-1-3-9(11(63)5-7)10-4-2-8(6-12(10)64)66-28(61,62)24(51,52)20(43,44)16(35,36)14(31,32)18(39,40)22(47,48)26(56,57)58/h1-6H,63-64H2. The van der Waals surface area contributed by atoms with Crippen molar-refractivity contribution in [2.24, 2.45) is 0 Å². The second-order valence-electron chi connectivity index (χ2n) is 12.6. The zero-order valence-corrected chi connectivity index (χ0v) is 29.3. The molecule has 0 aromatic heterocycles. The number of nitrogens with two attached hydrogens (primary N) is 2. The lowest BCUT2D eigenvalue weighted by Crippen LogP contribution is -2.74. The molecule has 0 unspecified atom stereocenters. The Balaban J connectivity index is 2.53. The molecule has 66 heavy (non-hydrogen) atoms. The molecule has 2 rings (SSSR count). The van der Waals surface area contributed by atoms with Crippen LogP contribution >= 0.6 is 0 Å². The Labute approximate surface area is 337 Å². The van der Waals surface area contributed by atoms with Gasteiger partial charge in [-0.15, -0.1) is 0 Å². The topological polar surface area (TPSA) is 70.5 Å². The van der Waals surface area contributed by atoms with Crippen LogP contribution in [-0.4, -0.2) is 95.6 Å². The first-order valence-electron chi connectivity index (χ1n) is 15.0. The van der Waals surface area contributed by atoms with E-state index in [1.807, 2.05) is 0 Å². The highest BCUT2D eigenvalue weighted by Crippen LogP contribution is 2.66. The second-order valence-corrected chi connectivity index (χ2v) is 12.6. The van der Waals surface area contributed by atoms with Gasteiger partial charge in [0, 0.05) is 34.6 Å². The Kier molecular flexibility index (Phi) is 13.4. The summed E-state index contributed by atoms with van der Waals surface area (Å²) in [5.74, 6) is -109. The van der Waals surface area contributed by atoms with Crippen molar-refractivity contribution in [2.45, 2.75) is 95.6 Å². The Hall–Kier alpha value is -4.74. The normalized spacial score (nSPS) is 15.8. The van der Waals surface area contributed by atoms with Crippen LogP contribution in [0.25, 0.3) is 11.1 Å². The highest BCUT2D eigenvalue weighted by atomic mass is 19.4. The lowest BCUT2D eigenvalue weighted by atomic mass is 9.90. The van der Waals surface area contributed by atoms with E-state index in [2.05, 4.69) is 9.47 Å². The van der Waals surface area contributed by atoms with E-state index in [1.54, 1.807) is 0 Å². The van der Waals surface area contributed by atoms with Crippen LogP contribution in [0, 0.1) is 0 Å². The first-order valence-corrected chi connectivity index (χ1v) is 15.0. The van der Waals surface area contributed by atoms with Crippen molar-refractivity contribution in [1.29, 1.82) is 0 Å². The van der Waals surface area contributed by atoms with Crippen LogP contribution in [0.3, 0.4) is 0 Å². The predicted octanol–water partition coefficient (Wildman–Crippen LogP) is 13.2. The quantitative estimate of drug-likeness (QED) is 0.122. The minimum Gasteiger partial charge on any atom is -0.428 e. The maximum absolute atomic E-state index is 14.3. The van der Waals surface area contributed by atoms with Crippen LogP contribution < -0.4 is 20.9 Å². The molecule has 0 radical (unpaired) electrons. The molecule has 0 spiro atoms. The summed E-state index contributed by atoms with van der Waals surface area (Å²) in [6, 6.07) is -1.27. The molecular weight excluding hydrogens is 1040 g/mol. The summed E-state index contributed by atoms with van der Waals surface area (Å²) in [6.07, 6.45) is -31.1. The lowest BCUT2D eigenvalue weighted by molar-refractivity contribution is -0.471. The van der Waals surface area contributed by atoms with E-state index in [1.165, 1.54) is 0 Å². The summed E-state index contributed by atoms with van der Waals surface area (Å²) in [6.45, 7) is 0. The zero-order valence-electron chi connectivity index (χ0n) is 29.3. The zero-order chi connectivity index (χ0) is 53.1. The summed E-state index contributed by atoms with van der Waals surface area (Å²) in [4.78, 5) is 0. The molecule has 0 bridgehead atoms. The first kappa shape index (κ1) is 57.4. The molecule has 0 aliphatic carbocycles. The van der Waals surface area contributed by atoms with Crippen LogP contribution in [0.5, 0.6) is 11.5 Å². The maximum Gasteiger partial charge on any atom is 0.471 e. The van der Waals surface area contributed by atoms with Gasteiger partial charge in [0.05, 0.1) is 0 Å². The molecule has 0 aliphatic rings. The molecule has 0 fully saturated rings. The Bertz CT molecular complexity index is 1950. The summed E-state index contributed by atoms with van der Waals surface area (Å²) in [5, 5.41) is 0. The van der Waals surface area contributed by atoms with Crippen molar-refractivity contribution >= 4 is 11.4 Å². The average Bonchev–Trinajstić information content (AvgIpc) is 3.09. The maximum atomic E-state index is 14.3. The van der Waals surface area contributed by atoms with E-state index < -0.39 is 130 Å². The van der Waals surface area contributed by atoms with Gasteiger partial charge in [0.25, 0.3) is 0 Å². The number of halogens is 34. The van der Waals surface area contributed by atoms with E-state index in [0.29, 0.717) is 0 Å². The molecule has 38 heteroatoms. The molecule has 0 atom stereocenters. The molecule has 0 saturated heterocycles. The number of hydrogen-bond acceptors (Lipinski definition) is 4. The number of ether oxygens (including phenoxy) is 2. The van der Waals surface area contributed by atoms with Crippen LogP contribution in [0.15, 0.2) is 36.4 Å². The first-order chi connectivity index (χ1) is 28.4. The summed E-state index contributed by atoms with van der Waals surface area (Å²) in [7, 11) is 0. The van der Waals surface area contributed by atoms with Gasteiger partial charge < -0.3 is 20.9 Å². The van der Waals surface area contributed by atoms with Crippen molar-refractivity contribution in [3.63, 3.8) is 0 Å². The van der Waals surface area contributed by atoms with Crippen molar-refractivity contribution in [2.75, 3.05) is 11.5 Å². The van der Waals surface area contributed by atoms with Crippen molar-refractivity contribution < 1.29 is 159 Å². The number of alkyl halides is 34. The average molecular weight is 1050 g/mol. The SMILES string of the molecule is Nc1cc(OC(F)(F)C(F)(F)C(F)(F)C(F)(F)C(F)(F)C(F)(F)C(F)(F)C(F)(F)F)ccc1-c1ccc(OC(F)(F)C(F)(F)C(F)(F)C(F)(F)C(F)(F)C(F)(F)C(F)(F)C(F)(F)F)cc1N. The van der Waals surface area contributed by atoms with Gasteiger partial charge in [-0.1, -0.05) is 0 Å². The molecule has 0 heterocycles. The second kappa shape index (κ2) is 15.4. The Morgan fingerprint density at radius 2 is 0.439 bits per heavy atom. The van der Waals surface area contributed by atoms with Gasteiger partial charge in [-0.05, 0) is 24.3 Å². The van der Waals surface area contributed by atoms with E-state index >= 15 is 0 Å². The van der Waals surface area contributed by atoms with Crippen LogP contribution in [-0.2, 0) is 0 Å². The van der Waals surface area contributed by atoms with Gasteiger partial charge in [-0.2, -0.15) is 149 Å². The van der Waals surface area contributed by atoms with Crippen LogP contribution in [0.2, 0.25) is 0 Å². The highest BCUT2D eigenvalue weighted by molar-refractivity contribution is 5.85. The Morgan fingerprint density at radius 3 is 0.621 bits per heavy atom. The summed E-state index contributed by atoms with van der Waals surface area (Å²) < 4.78 is 465. The molecule has 4 nitrogen and oxygen atoms in total. The van der Waals surface area contributed by atoms with E-state index in [0.717, 1.165) is 0 Å². The monoisotopic (exact) mass is 1050 g/mol. The minimum absolute atomic E-state index is 0.0233.